The zero-order valence-corrected chi connectivity index (χ0v) is 8.75. The third-order valence-electron chi connectivity index (χ3n) is 2.21. The Morgan fingerprint density at radius 1 is 1.46 bits per heavy atom. The number of hydrogen-bond donors (Lipinski definition) is 1. The zero-order chi connectivity index (χ0) is 9.26. The first-order valence-corrected chi connectivity index (χ1v) is 5.17. The SMILES string of the molecule is O[C@@H]1CCCOc2cc(Br)ccc21. The predicted octanol–water partition coefficient (Wildman–Crippen LogP) is 2.66. The van der Waals surface area contributed by atoms with E-state index in [1.54, 1.807) is 0 Å². The van der Waals surface area contributed by atoms with Gasteiger partial charge in [-0.05, 0) is 25.0 Å². The fraction of sp³-hybridized carbons (Fsp3) is 0.400. The van der Waals surface area contributed by atoms with Crippen LogP contribution in [0.4, 0.5) is 0 Å². The Morgan fingerprint density at radius 3 is 3.15 bits per heavy atom. The maximum atomic E-state index is 9.74. The van der Waals surface area contributed by atoms with Crippen molar-refractivity contribution in [2.24, 2.45) is 0 Å². The van der Waals surface area contributed by atoms with Crippen LogP contribution in [-0.4, -0.2) is 11.7 Å². The minimum absolute atomic E-state index is 0.370. The van der Waals surface area contributed by atoms with E-state index in [1.807, 2.05) is 18.2 Å². The van der Waals surface area contributed by atoms with Gasteiger partial charge in [0.1, 0.15) is 5.75 Å². The van der Waals surface area contributed by atoms with Gasteiger partial charge in [-0.2, -0.15) is 0 Å². The molecule has 0 aromatic heterocycles. The third kappa shape index (κ3) is 1.86. The van der Waals surface area contributed by atoms with Gasteiger partial charge in [-0.1, -0.05) is 22.0 Å². The van der Waals surface area contributed by atoms with Crippen LogP contribution < -0.4 is 4.74 Å². The molecule has 13 heavy (non-hydrogen) atoms. The Balaban J connectivity index is 2.42. The molecule has 1 aliphatic heterocycles. The van der Waals surface area contributed by atoms with Crippen molar-refractivity contribution >= 4 is 15.9 Å². The topological polar surface area (TPSA) is 29.5 Å². The molecule has 1 aromatic carbocycles. The highest BCUT2D eigenvalue weighted by atomic mass is 79.9. The lowest BCUT2D eigenvalue weighted by atomic mass is 10.1. The van der Waals surface area contributed by atoms with Gasteiger partial charge in [0.2, 0.25) is 0 Å². The van der Waals surface area contributed by atoms with Gasteiger partial charge in [0.15, 0.2) is 0 Å². The number of fused-ring (bicyclic) bond motifs is 1. The van der Waals surface area contributed by atoms with Gasteiger partial charge in [0.05, 0.1) is 12.7 Å². The van der Waals surface area contributed by atoms with Gasteiger partial charge in [-0.25, -0.2) is 0 Å². The van der Waals surface area contributed by atoms with E-state index >= 15 is 0 Å². The molecule has 0 fully saturated rings. The maximum Gasteiger partial charge on any atom is 0.126 e. The zero-order valence-electron chi connectivity index (χ0n) is 7.16. The second kappa shape index (κ2) is 3.68. The quantitative estimate of drug-likeness (QED) is 0.759. The molecule has 2 nitrogen and oxygen atoms in total. The fourth-order valence-corrected chi connectivity index (χ4v) is 1.86. The average molecular weight is 243 g/mol. The molecule has 1 N–H and O–H groups in total. The van der Waals surface area contributed by atoms with E-state index in [2.05, 4.69) is 15.9 Å². The van der Waals surface area contributed by atoms with Crippen LogP contribution in [-0.2, 0) is 0 Å². The summed E-state index contributed by atoms with van der Waals surface area (Å²) in [7, 11) is 0. The van der Waals surface area contributed by atoms with Crippen LogP contribution in [0.5, 0.6) is 5.75 Å². The number of benzene rings is 1. The molecule has 0 radical (unpaired) electrons. The van der Waals surface area contributed by atoms with Crippen molar-refractivity contribution in [3.8, 4) is 5.75 Å². The normalized spacial score (nSPS) is 21.5. The van der Waals surface area contributed by atoms with Crippen LogP contribution in [0.1, 0.15) is 24.5 Å². The molecule has 0 bridgehead atoms. The molecule has 2 rings (SSSR count). The number of aliphatic hydroxyl groups is 1. The fourth-order valence-electron chi connectivity index (χ4n) is 1.52. The van der Waals surface area contributed by atoms with Gasteiger partial charge in [0, 0.05) is 10.0 Å². The molecule has 70 valence electrons. The molecular weight excluding hydrogens is 232 g/mol. The van der Waals surface area contributed by atoms with E-state index in [1.165, 1.54) is 0 Å². The Kier molecular flexibility index (Phi) is 2.56. The van der Waals surface area contributed by atoms with Crippen molar-refractivity contribution in [1.29, 1.82) is 0 Å². The first-order valence-electron chi connectivity index (χ1n) is 4.37. The molecule has 0 saturated carbocycles. The van der Waals surface area contributed by atoms with Crippen molar-refractivity contribution in [3.05, 3.63) is 28.2 Å². The number of rotatable bonds is 0. The Morgan fingerprint density at radius 2 is 2.31 bits per heavy atom. The second-order valence-corrected chi connectivity index (χ2v) is 4.10. The summed E-state index contributed by atoms with van der Waals surface area (Å²) in [5.74, 6) is 0.805. The smallest absolute Gasteiger partial charge is 0.126 e. The van der Waals surface area contributed by atoms with Crippen LogP contribution in [0.15, 0.2) is 22.7 Å². The summed E-state index contributed by atoms with van der Waals surface area (Å²) in [5.41, 5.74) is 0.903. The van der Waals surface area contributed by atoms with Crippen LogP contribution in [0.25, 0.3) is 0 Å². The molecule has 0 saturated heterocycles. The van der Waals surface area contributed by atoms with Crippen molar-refractivity contribution in [3.63, 3.8) is 0 Å². The van der Waals surface area contributed by atoms with Gasteiger partial charge < -0.3 is 9.84 Å². The molecule has 0 aliphatic carbocycles. The first kappa shape index (κ1) is 9.03. The number of ether oxygens (including phenoxy) is 1. The van der Waals surface area contributed by atoms with E-state index in [9.17, 15) is 5.11 Å². The number of hydrogen-bond acceptors (Lipinski definition) is 2. The van der Waals surface area contributed by atoms with Crippen molar-refractivity contribution in [1.82, 2.24) is 0 Å². The second-order valence-electron chi connectivity index (χ2n) is 3.19. The first-order chi connectivity index (χ1) is 6.27. The van der Waals surface area contributed by atoms with E-state index in [0.717, 1.165) is 28.6 Å². The highest BCUT2D eigenvalue weighted by Gasteiger charge is 2.16. The minimum atomic E-state index is -0.370. The molecule has 0 amide bonds. The van der Waals surface area contributed by atoms with Gasteiger partial charge in [0.25, 0.3) is 0 Å². The molecule has 1 heterocycles. The van der Waals surface area contributed by atoms with E-state index in [4.69, 9.17) is 4.74 Å². The highest BCUT2D eigenvalue weighted by molar-refractivity contribution is 9.10. The maximum absolute atomic E-state index is 9.74. The summed E-state index contributed by atoms with van der Waals surface area (Å²) in [4.78, 5) is 0. The lowest BCUT2D eigenvalue weighted by Gasteiger charge is -2.10. The van der Waals surface area contributed by atoms with Crippen molar-refractivity contribution in [2.45, 2.75) is 18.9 Å². The van der Waals surface area contributed by atoms with Crippen LogP contribution in [0, 0.1) is 0 Å². The molecule has 1 atom stereocenters. The van der Waals surface area contributed by atoms with Gasteiger partial charge in [-0.3, -0.25) is 0 Å². The largest absolute Gasteiger partial charge is 0.493 e. The van der Waals surface area contributed by atoms with E-state index in [-0.39, 0.29) is 6.10 Å². The van der Waals surface area contributed by atoms with Crippen molar-refractivity contribution < 1.29 is 9.84 Å². The number of halogens is 1. The molecule has 1 aliphatic rings. The lowest BCUT2D eigenvalue weighted by molar-refractivity contribution is 0.167. The summed E-state index contributed by atoms with van der Waals surface area (Å²) >= 11 is 3.37. The monoisotopic (exact) mass is 242 g/mol. The van der Waals surface area contributed by atoms with E-state index in [0.29, 0.717) is 6.61 Å². The van der Waals surface area contributed by atoms with Gasteiger partial charge >= 0.3 is 0 Å². The van der Waals surface area contributed by atoms with Crippen LogP contribution in [0.2, 0.25) is 0 Å². The standard InChI is InChI=1S/C10H11BrO2/c11-7-3-4-8-9(12)2-1-5-13-10(8)6-7/h3-4,6,9,12H,1-2,5H2/t9-/m1/s1. The summed E-state index contributed by atoms with van der Waals surface area (Å²) in [6.45, 7) is 0.695. The van der Waals surface area contributed by atoms with Crippen LogP contribution in [0.3, 0.4) is 0 Å². The molecule has 0 unspecified atom stereocenters. The molecule has 0 spiro atoms. The summed E-state index contributed by atoms with van der Waals surface area (Å²) in [6, 6.07) is 5.75. The van der Waals surface area contributed by atoms with Gasteiger partial charge in [-0.15, -0.1) is 0 Å². The average Bonchev–Trinajstić information content (AvgIpc) is 2.28. The summed E-state index contributed by atoms with van der Waals surface area (Å²) in [6.07, 6.45) is 1.33. The number of aliphatic hydroxyl groups excluding tert-OH is 1. The molecule has 3 heteroatoms. The molecule has 1 aromatic rings. The highest BCUT2D eigenvalue weighted by Crippen LogP contribution is 2.33. The Bertz CT molecular complexity index is 312. The van der Waals surface area contributed by atoms with Crippen LogP contribution >= 0.6 is 15.9 Å². The third-order valence-corrected chi connectivity index (χ3v) is 2.71. The summed E-state index contributed by atoms with van der Waals surface area (Å²) in [5, 5.41) is 9.74. The van der Waals surface area contributed by atoms with Crippen molar-refractivity contribution in [2.75, 3.05) is 6.61 Å². The molecular formula is C10H11BrO2. The Labute approximate surface area is 85.7 Å². The van der Waals surface area contributed by atoms with E-state index < -0.39 is 0 Å². The lowest BCUT2D eigenvalue weighted by Crippen LogP contribution is -1.95. The minimum Gasteiger partial charge on any atom is -0.493 e. The Hall–Kier alpha value is -0.540. The predicted molar refractivity (Wildman–Crippen MR) is 53.8 cm³/mol. The summed E-state index contributed by atoms with van der Waals surface area (Å²) < 4.78 is 6.50.